The summed E-state index contributed by atoms with van der Waals surface area (Å²) in [5, 5.41) is 5.19. The molecule has 8 heteroatoms. The van der Waals surface area contributed by atoms with Gasteiger partial charge in [0.1, 0.15) is 9.90 Å². The average Bonchev–Trinajstić information content (AvgIpc) is 3.16. The number of rotatable bonds is 3. The van der Waals surface area contributed by atoms with Gasteiger partial charge in [-0.2, -0.15) is 9.40 Å². The molecule has 0 saturated carbocycles. The minimum absolute atomic E-state index is 0.204. The maximum absolute atomic E-state index is 13.5. The van der Waals surface area contributed by atoms with Crippen LogP contribution in [0, 0.1) is 13.8 Å². The van der Waals surface area contributed by atoms with E-state index in [-0.39, 0.29) is 6.04 Å². The Kier molecular flexibility index (Phi) is 4.37. The number of hydrogen-bond donors (Lipinski definition) is 0. The van der Waals surface area contributed by atoms with E-state index in [1.807, 2.05) is 31.2 Å². The molecule has 1 aliphatic heterocycles. The van der Waals surface area contributed by atoms with Crippen molar-refractivity contribution in [2.24, 2.45) is 7.05 Å². The molecule has 26 heavy (non-hydrogen) atoms. The van der Waals surface area contributed by atoms with Gasteiger partial charge in [0.05, 0.1) is 27.6 Å². The Labute approximate surface area is 157 Å². The van der Waals surface area contributed by atoms with Crippen LogP contribution in [0.3, 0.4) is 0 Å². The molecule has 6 nitrogen and oxygen atoms in total. The summed E-state index contributed by atoms with van der Waals surface area (Å²) in [5.41, 5.74) is 2.17. The molecule has 1 saturated heterocycles. The van der Waals surface area contributed by atoms with Gasteiger partial charge in [-0.15, -0.1) is 11.3 Å². The number of piperidine rings is 1. The standard InChI is InChI=1S/C18H22N4O2S2/c1-12-17(13(2)21(3)20-12)26(23,24)22-11-7-6-9-15(22)18-19-14-8-4-5-10-16(14)25-18/h4-5,8,10,15H,6-7,9,11H2,1-3H3/t15-/m0/s1. The molecule has 0 unspecified atom stereocenters. The monoisotopic (exact) mass is 390 g/mol. The highest BCUT2D eigenvalue weighted by Gasteiger charge is 2.38. The van der Waals surface area contributed by atoms with E-state index in [9.17, 15) is 8.42 Å². The summed E-state index contributed by atoms with van der Waals surface area (Å²) >= 11 is 1.59. The Balaban J connectivity index is 1.80. The molecule has 0 amide bonds. The van der Waals surface area contributed by atoms with Crippen LogP contribution < -0.4 is 0 Å². The highest BCUT2D eigenvalue weighted by molar-refractivity contribution is 7.89. The lowest BCUT2D eigenvalue weighted by molar-refractivity contribution is 0.255. The zero-order valence-corrected chi connectivity index (χ0v) is 16.8. The molecule has 1 fully saturated rings. The predicted octanol–water partition coefficient (Wildman–Crippen LogP) is 3.56. The van der Waals surface area contributed by atoms with Crippen LogP contribution in [0.2, 0.25) is 0 Å². The van der Waals surface area contributed by atoms with Gasteiger partial charge < -0.3 is 0 Å². The van der Waals surface area contributed by atoms with E-state index in [2.05, 4.69) is 5.10 Å². The highest BCUT2D eigenvalue weighted by Crippen LogP contribution is 2.39. The number of benzene rings is 1. The molecule has 0 aliphatic carbocycles. The summed E-state index contributed by atoms with van der Waals surface area (Å²) in [6, 6.07) is 7.76. The molecule has 0 radical (unpaired) electrons. The van der Waals surface area contributed by atoms with Crippen LogP contribution in [0.25, 0.3) is 10.2 Å². The van der Waals surface area contributed by atoms with E-state index in [1.54, 1.807) is 34.3 Å². The van der Waals surface area contributed by atoms with Gasteiger partial charge in [0.2, 0.25) is 10.0 Å². The first-order chi connectivity index (χ1) is 12.4. The van der Waals surface area contributed by atoms with Crippen molar-refractivity contribution < 1.29 is 8.42 Å². The Hall–Kier alpha value is -1.77. The zero-order valence-electron chi connectivity index (χ0n) is 15.1. The number of aryl methyl sites for hydroxylation is 2. The minimum Gasteiger partial charge on any atom is -0.271 e. The van der Waals surface area contributed by atoms with Gasteiger partial charge in [-0.3, -0.25) is 4.68 Å². The first-order valence-electron chi connectivity index (χ1n) is 8.77. The largest absolute Gasteiger partial charge is 0.271 e. The van der Waals surface area contributed by atoms with E-state index < -0.39 is 10.0 Å². The molecule has 4 rings (SSSR count). The lowest BCUT2D eigenvalue weighted by atomic mass is 10.1. The van der Waals surface area contributed by atoms with Crippen LogP contribution in [0.4, 0.5) is 0 Å². The van der Waals surface area contributed by atoms with E-state index >= 15 is 0 Å². The van der Waals surface area contributed by atoms with Crippen LogP contribution in [0.5, 0.6) is 0 Å². The third-order valence-corrected chi connectivity index (χ3v) is 8.36. The smallest absolute Gasteiger partial charge is 0.247 e. The van der Waals surface area contributed by atoms with Gasteiger partial charge in [0.15, 0.2) is 0 Å². The molecule has 3 aromatic rings. The summed E-state index contributed by atoms with van der Waals surface area (Å²) in [4.78, 5) is 5.08. The molecule has 0 N–H and O–H groups in total. The van der Waals surface area contributed by atoms with Crippen molar-refractivity contribution in [1.82, 2.24) is 19.1 Å². The van der Waals surface area contributed by atoms with Crippen molar-refractivity contribution in [2.45, 2.75) is 44.0 Å². The van der Waals surface area contributed by atoms with Crippen LogP contribution >= 0.6 is 11.3 Å². The maximum atomic E-state index is 13.5. The second-order valence-electron chi connectivity index (χ2n) is 6.77. The summed E-state index contributed by atoms with van der Waals surface area (Å²) in [5.74, 6) is 0. The van der Waals surface area contributed by atoms with Gasteiger partial charge in [-0.25, -0.2) is 13.4 Å². The fraction of sp³-hybridized carbons (Fsp3) is 0.444. The fourth-order valence-electron chi connectivity index (χ4n) is 3.72. The van der Waals surface area contributed by atoms with Gasteiger partial charge in [-0.05, 0) is 38.8 Å². The number of para-hydroxylation sites is 1. The average molecular weight is 391 g/mol. The Bertz CT molecular complexity index is 1040. The zero-order chi connectivity index (χ0) is 18.5. The second-order valence-corrected chi connectivity index (χ2v) is 9.66. The summed E-state index contributed by atoms with van der Waals surface area (Å²) < 4.78 is 31.4. The van der Waals surface area contributed by atoms with Crippen LogP contribution in [-0.2, 0) is 17.1 Å². The number of thiazole rings is 1. The summed E-state index contributed by atoms with van der Waals surface area (Å²) in [7, 11) is -1.84. The number of hydrogen-bond acceptors (Lipinski definition) is 5. The van der Waals surface area contributed by atoms with Crippen molar-refractivity contribution in [3.63, 3.8) is 0 Å². The van der Waals surface area contributed by atoms with Crippen LogP contribution in [-0.4, -0.2) is 34.0 Å². The first kappa shape index (κ1) is 17.6. The first-order valence-corrected chi connectivity index (χ1v) is 11.0. The van der Waals surface area contributed by atoms with E-state index in [0.29, 0.717) is 22.8 Å². The van der Waals surface area contributed by atoms with Crippen molar-refractivity contribution in [1.29, 1.82) is 0 Å². The quantitative estimate of drug-likeness (QED) is 0.686. The third-order valence-electron chi connectivity index (χ3n) is 5.06. The van der Waals surface area contributed by atoms with E-state index in [1.165, 1.54) is 0 Å². The molecule has 1 aromatic carbocycles. The molecule has 138 valence electrons. The Morgan fingerprint density at radius 1 is 1.19 bits per heavy atom. The van der Waals surface area contributed by atoms with Gasteiger partial charge in [0.25, 0.3) is 0 Å². The molecule has 1 atom stereocenters. The normalized spacial score (nSPS) is 19.3. The molecular weight excluding hydrogens is 368 g/mol. The lowest BCUT2D eigenvalue weighted by Gasteiger charge is -2.33. The SMILES string of the molecule is Cc1nn(C)c(C)c1S(=O)(=O)N1CCCC[C@H]1c1nc2ccccc2s1. The van der Waals surface area contributed by atoms with E-state index in [4.69, 9.17) is 4.98 Å². The molecule has 0 spiro atoms. The fourth-order valence-corrected chi connectivity index (χ4v) is 6.96. The van der Waals surface area contributed by atoms with Gasteiger partial charge >= 0.3 is 0 Å². The third kappa shape index (κ3) is 2.76. The number of aromatic nitrogens is 3. The number of sulfonamides is 1. The highest BCUT2D eigenvalue weighted by atomic mass is 32.2. The van der Waals surface area contributed by atoms with Crippen molar-refractivity contribution >= 4 is 31.6 Å². The van der Waals surface area contributed by atoms with Gasteiger partial charge in [0, 0.05) is 13.6 Å². The molecule has 0 bridgehead atoms. The lowest BCUT2D eigenvalue weighted by Crippen LogP contribution is -2.38. The van der Waals surface area contributed by atoms with Crippen molar-refractivity contribution in [2.75, 3.05) is 6.54 Å². The molecular formula is C18H22N4O2S2. The summed E-state index contributed by atoms with van der Waals surface area (Å²) in [6.45, 7) is 4.09. The second kappa shape index (κ2) is 6.44. The predicted molar refractivity (Wildman–Crippen MR) is 103 cm³/mol. The Morgan fingerprint density at radius 3 is 2.65 bits per heavy atom. The number of fused-ring (bicyclic) bond motifs is 1. The summed E-state index contributed by atoms with van der Waals surface area (Å²) in [6.07, 6.45) is 2.69. The maximum Gasteiger partial charge on any atom is 0.247 e. The van der Waals surface area contributed by atoms with Gasteiger partial charge in [-0.1, -0.05) is 18.6 Å². The molecule has 3 heterocycles. The van der Waals surface area contributed by atoms with Crippen LogP contribution in [0.1, 0.15) is 41.7 Å². The van der Waals surface area contributed by atoms with E-state index in [0.717, 1.165) is 34.5 Å². The Morgan fingerprint density at radius 2 is 1.96 bits per heavy atom. The van der Waals surface area contributed by atoms with Crippen molar-refractivity contribution in [3.8, 4) is 0 Å². The molecule has 1 aliphatic rings. The minimum atomic E-state index is -3.62. The van der Waals surface area contributed by atoms with Crippen molar-refractivity contribution in [3.05, 3.63) is 40.7 Å². The van der Waals surface area contributed by atoms with Crippen LogP contribution in [0.15, 0.2) is 29.2 Å². The topological polar surface area (TPSA) is 68.1 Å². The molecule has 2 aromatic heterocycles. The number of nitrogens with zero attached hydrogens (tertiary/aromatic N) is 4.